The van der Waals surface area contributed by atoms with Crippen LogP contribution in [0.5, 0.6) is 0 Å². The average molecular weight is 560 g/mol. The van der Waals surface area contributed by atoms with E-state index in [0.29, 0.717) is 65.2 Å². The Hall–Kier alpha value is -4.84. The molecular formula is C29H24F3N7O2. The van der Waals surface area contributed by atoms with Crippen molar-refractivity contribution in [3.05, 3.63) is 82.9 Å². The Morgan fingerprint density at radius 3 is 2.49 bits per heavy atom. The van der Waals surface area contributed by atoms with E-state index in [1.54, 1.807) is 47.6 Å². The van der Waals surface area contributed by atoms with Crippen LogP contribution in [0.25, 0.3) is 38.9 Å². The molecule has 1 aliphatic heterocycles. The molecule has 0 bridgehead atoms. The van der Waals surface area contributed by atoms with Gasteiger partial charge in [-0.1, -0.05) is 0 Å². The number of carbonyl (C=O) groups excluding carboxylic acids is 1. The monoisotopic (exact) mass is 559 g/mol. The summed E-state index contributed by atoms with van der Waals surface area (Å²) in [5, 5.41) is 6.30. The maximum atomic E-state index is 14.3. The second kappa shape index (κ2) is 10.3. The molecule has 1 aliphatic rings. The number of rotatable bonds is 4. The minimum Gasteiger partial charge on any atom is -0.368 e. The summed E-state index contributed by atoms with van der Waals surface area (Å²) in [7, 11) is 0. The van der Waals surface area contributed by atoms with Gasteiger partial charge in [0.1, 0.15) is 11.3 Å². The number of pyridine rings is 4. The summed E-state index contributed by atoms with van der Waals surface area (Å²) >= 11 is 0. The highest BCUT2D eigenvalue weighted by atomic mass is 19.4. The van der Waals surface area contributed by atoms with Crippen molar-refractivity contribution in [2.45, 2.75) is 13.1 Å². The van der Waals surface area contributed by atoms with E-state index in [4.69, 9.17) is 4.98 Å². The quantitative estimate of drug-likeness (QED) is 0.315. The number of carbonyl (C=O) groups is 1. The Morgan fingerprint density at radius 2 is 1.78 bits per heavy atom. The van der Waals surface area contributed by atoms with Crippen LogP contribution < -0.4 is 21.1 Å². The maximum Gasteiger partial charge on any atom is 0.418 e. The van der Waals surface area contributed by atoms with Gasteiger partial charge in [0.05, 0.1) is 28.0 Å². The van der Waals surface area contributed by atoms with E-state index in [2.05, 4.69) is 20.6 Å². The minimum absolute atomic E-state index is 0.0767. The first-order valence-electron chi connectivity index (χ1n) is 12.9. The molecule has 12 heteroatoms. The van der Waals surface area contributed by atoms with Gasteiger partial charge in [-0.3, -0.25) is 19.1 Å². The Morgan fingerprint density at radius 1 is 0.976 bits per heavy atom. The smallest absolute Gasteiger partial charge is 0.368 e. The number of piperazine rings is 1. The highest BCUT2D eigenvalue weighted by molar-refractivity contribution is 6.02. The van der Waals surface area contributed by atoms with E-state index in [-0.39, 0.29) is 17.3 Å². The summed E-state index contributed by atoms with van der Waals surface area (Å²) in [6.07, 6.45) is -1.51. The molecule has 208 valence electrons. The van der Waals surface area contributed by atoms with Gasteiger partial charge in [0.2, 0.25) is 5.91 Å². The van der Waals surface area contributed by atoms with Crippen molar-refractivity contribution in [3.63, 3.8) is 0 Å². The second-order valence-electron chi connectivity index (χ2n) is 9.68. The molecular weight excluding hydrogens is 535 g/mol. The van der Waals surface area contributed by atoms with Gasteiger partial charge in [-0.05, 0) is 48.5 Å². The molecule has 0 saturated carbocycles. The molecule has 0 atom stereocenters. The van der Waals surface area contributed by atoms with Crippen LogP contribution >= 0.6 is 0 Å². The lowest BCUT2D eigenvalue weighted by Crippen LogP contribution is -2.44. The zero-order chi connectivity index (χ0) is 28.7. The number of benzene rings is 1. The summed E-state index contributed by atoms with van der Waals surface area (Å²) in [6, 6.07) is 13.7. The van der Waals surface area contributed by atoms with Gasteiger partial charge in [0.25, 0.3) is 5.56 Å². The van der Waals surface area contributed by atoms with E-state index in [0.717, 1.165) is 6.07 Å². The predicted octanol–water partition coefficient (Wildman–Crippen LogP) is 4.38. The molecule has 1 saturated heterocycles. The van der Waals surface area contributed by atoms with Crippen molar-refractivity contribution < 1.29 is 18.0 Å². The van der Waals surface area contributed by atoms with Crippen molar-refractivity contribution in [3.8, 4) is 16.9 Å². The third-order valence-corrected chi connectivity index (χ3v) is 6.93. The minimum atomic E-state index is -4.63. The molecule has 1 aromatic carbocycles. The van der Waals surface area contributed by atoms with Gasteiger partial charge in [0, 0.05) is 68.2 Å². The van der Waals surface area contributed by atoms with Crippen LogP contribution in [-0.4, -0.2) is 51.6 Å². The first kappa shape index (κ1) is 26.4. The number of aromatic nitrogens is 4. The van der Waals surface area contributed by atoms with E-state index < -0.39 is 17.3 Å². The number of halogens is 3. The van der Waals surface area contributed by atoms with Crippen LogP contribution in [0.1, 0.15) is 12.5 Å². The molecule has 0 aliphatic carbocycles. The van der Waals surface area contributed by atoms with Crippen molar-refractivity contribution in [2.75, 3.05) is 36.4 Å². The fraction of sp³-hybridized carbons (Fsp3) is 0.207. The van der Waals surface area contributed by atoms with Crippen LogP contribution in [-0.2, 0) is 11.0 Å². The van der Waals surface area contributed by atoms with Crippen LogP contribution in [0, 0.1) is 0 Å². The average Bonchev–Trinajstić information content (AvgIpc) is 2.96. The molecule has 2 N–H and O–H groups in total. The molecule has 1 amide bonds. The Balaban J connectivity index is 1.54. The van der Waals surface area contributed by atoms with Crippen LogP contribution in [0.4, 0.5) is 24.7 Å². The summed E-state index contributed by atoms with van der Waals surface area (Å²) in [5.74, 6) is 0.131. The fourth-order valence-electron chi connectivity index (χ4n) is 5.06. The van der Waals surface area contributed by atoms with Gasteiger partial charge >= 0.3 is 6.18 Å². The lowest BCUT2D eigenvalue weighted by molar-refractivity contribution is -0.137. The van der Waals surface area contributed by atoms with E-state index in [1.807, 2.05) is 0 Å². The Labute approximate surface area is 231 Å². The first-order chi connectivity index (χ1) is 19.7. The normalized spacial score (nSPS) is 14.0. The maximum absolute atomic E-state index is 14.3. The molecule has 6 rings (SSSR count). The third kappa shape index (κ3) is 5.09. The Bertz CT molecular complexity index is 1850. The lowest BCUT2D eigenvalue weighted by atomic mass is 10.1. The summed E-state index contributed by atoms with van der Waals surface area (Å²) < 4.78 is 44.2. The van der Waals surface area contributed by atoms with Gasteiger partial charge in [-0.2, -0.15) is 13.2 Å². The summed E-state index contributed by atoms with van der Waals surface area (Å²) in [5.41, 5.74) is 1.17. The lowest BCUT2D eigenvalue weighted by Gasteiger charge is -2.31. The van der Waals surface area contributed by atoms with E-state index in [9.17, 15) is 22.8 Å². The predicted molar refractivity (Wildman–Crippen MR) is 150 cm³/mol. The van der Waals surface area contributed by atoms with Gasteiger partial charge < -0.3 is 15.5 Å². The summed E-state index contributed by atoms with van der Waals surface area (Å²) in [6.45, 7) is 3.44. The molecule has 0 unspecified atom stereocenters. The topological polar surface area (TPSA) is 105 Å². The first-order valence-corrected chi connectivity index (χ1v) is 12.9. The number of fused-ring (bicyclic) bond motifs is 3. The number of nitrogens with zero attached hydrogens (tertiary/aromatic N) is 5. The third-order valence-electron chi connectivity index (χ3n) is 6.93. The molecule has 1 fully saturated rings. The van der Waals surface area contributed by atoms with Gasteiger partial charge in [0.15, 0.2) is 0 Å². The zero-order valence-corrected chi connectivity index (χ0v) is 21.9. The number of nitrogens with one attached hydrogen (secondary N) is 2. The molecule has 41 heavy (non-hydrogen) atoms. The fourth-order valence-corrected chi connectivity index (χ4v) is 5.06. The molecule has 5 heterocycles. The van der Waals surface area contributed by atoms with Gasteiger partial charge in [-0.15, -0.1) is 0 Å². The molecule has 0 spiro atoms. The molecule has 4 aromatic heterocycles. The standard InChI is InChI=1S/C29H24F3N7O2/c1-17(40)36-25-8-2-18(15-35-25)22-5-6-23-27(37-22)28-19(16-34-23)3-9-26(41)39(28)20-4-7-24(21(14-20)29(30,31)32)38-12-10-33-11-13-38/h2-9,14-16,33H,10-13H2,1H3,(H,35,36,40). The second-order valence-corrected chi connectivity index (χ2v) is 9.68. The zero-order valence-electron chi connectivity index (χ0n) is 21.9. The number of alkyl halides is 3. The van der Waals surface area contributed by atoms with Crippen LogP contribution in [0.15, 0.2) is 71.8 Å². The van der Waals surface area contributed by atoms with Crippen molar-refractivity contribution >= 4 is 39.3 Å². The molecule has 5 aromatic rings. The van der Waals surface area contributed by atoms with Crippen molar-refractivity contribution in [2.24, 2.45) is 0 Å². The highest BCUT2D eigenvalue weighted by Crippen LogP contribution is 2.38. The molecule has 0 radical (unpaired) electrons. The SMILES string of the molecule is CC(=O)Nc1ccc(-c2ccc3ncc4ccc(=O)n(-c5ccc(N6CCNCC6)c(C(F)(F)F)c5)c4c3n2)cn1. The van der Waals surface area contributed by atoms with E-state index in [1.165, 1.54) is 29.7 Å². The largest absolute Gasteiger partial charge is 0.418 e. The van der Waals surface area contributed by atoms with Crippen LogP contribution in [0.2, 0.25) is 0 Å². The van der Waals surface area contributed by atoms with Crippen molar-refractivity contribution in [1.82, 2.24) is 24.8 Å². The summed E-state index contributed by atoms with van der Waals surface area (Å²) in [4.78, 5) is 39.8. The van der Waals surface area contributed by atoms with Crippen molar-refractivity contribution in [1.29, 1.82) is 0 Å². The highest BCUT2D eigenvalue weighted by Gasteiger charge is 2.36. The molecule has 9 nitrogen and oxygen atoms in total. The van der Waals surface area contributed by atoms with Gasteiger partial charge in [-0.25, -0.2) is 9.97 Å². The van der Waals surface area contributed by atoms with E-state index >= 15 is 0 Å². The van der Waals surface area contributed by atoms with Crippen LogP contribution in [0.3, 0.4) is 0 Å². The number of anilines is 2. The number of amides is 1. The number of hydrogen-bond donors (Lipinski definition) is 2. The number of hydrogen-bond acceptors (Lipinski definition) is 7. The Kier molecular flexibility index (Phi) is 6.62.